The van der Waals surface area contributed by atoms with Crippen LogP contribution < -0.4 is 5.73 Å². The highest BCUT2D eigenvalue weighted by atomic mass is 14.7. The Labute approximate surface area is 112 Å². The number of benzene rings is 1. The Morgan fingerprint density at radius 3 is 2.28 bits per heavy atom. The van der Waals surface area contributed by atoms with Gasteiger partial charge in [0.2, 0.25) is 0 Å². The van der Waals surface area contributed by atoms with Gasteiger partial charge in [-0.2, -0.15) is 0 Å². The molecular formula is C17H27N. The van der Waals surface area contributed by atoms with E-state index in [2.05, 4.69) is 44.2 Å². The highest BCUT2D eigenvalue weighted by Crippen LogP contribution is 2.35. The average Bonchev–Trinajstić information content (AvgIpc) is 2.36. The van der Waals surface area contributed by atoms with Gasteiger partial charge in [-0.25, -0.2) is 0 Å². The second-order valence-corrected chi connectivity index (χ2v) is 6.37. The molecule has 0 saturated heterocycles. The fourth-order valence-electron chi connectivity index (χ4n) is 3.57. The first-order valence-corrected chi connectivity index (χ1v) is 7.44. The summed E-state index contributed by atoms with van der Waals surface area (Å²) in [6.07, 6.45) is 6.32. The summed E-state index contributed by atoms with van der Waals surface area (Å²) in [5, 5.41) is 0. The molecule has 0 amide bonds. The van der Waals surface area contributed by atoms with Crippen LogP contribution in [-0.2, 0) is 6.42 Å². The summed E-state index contributed by atoms with van der Waals surface area (Å²) in [4.78, 5) is 0. The van der Waals surface area contributed by atoms with Crippen molar-refractivity contribution < 1.29 is 0 Å². The van der Waals surface area contributed by atoms with Gasteiger partial charge in [0.25, 0.3) is 0 Å². The van der Waals surface area contributed by atoms with Crippen molar-refractivity contribution in [2.24, 2.45) is 23.5 Å². The Morgan fingerprint density at radius 1 is 1.06 bits per heavy atom. The topological polar surface area (TPSA) is 26.0 Å². The number of rotatable bonds is 4. The minimum absolute atomic E-state index is 0.385. The fraction of sp³-hybridized carbons (Fsp3) is 0.647. The van der Waals surface area contributed by atoms with E-state index in [1.165, 1.54) is 24.8 Å². The van der Waals surface area contributed by atoms with E-state index in [1.54, 1.807) is 0 Å². The first-order chi connectivity index (χ1) is 8.65. The van der Waals surface area contributed by atoms with Gasteiger partial charge in [0.1, 0.15) is 0 Å². The molecule has 1 aromatic rings. The molecule has 1 aliphatic carbocycles. The molecule has 0 radical (unpaired) electrons. The van der Waals surface area contributed by atoms with Crippen molar-refractivity contribution in [2.45, 2.75) is 52.0 Å². The third-order valence-corrected chi connectivity index (χ3v) is 4.43. The molecule has 0 bridgehead atoms. The van der Waals surface area contributed by atoms with E-state index in [1.807, 2.05) is 0 Å². The Kier molecular flexibility index (Phi) is 4.82. The van der Waals surface area contributed by atoms with E-state index in [4.69, 9.17) is 5.73 Å². The molecule has 0 heterocycles. The van der Waals surface area contributed by atoms with E-state index in [0.717, 1.165) is 30.6 Å². The summed E-state index contributed by atoms with van der Waals surface area (Å²) in [7, 11) is 0. The molecule has 1 nitrogen and oxygen atoms in total. The zero-order chi connectivity index (χ0) is 13.0. The third-order valence-electron chi connectivity index (χ3n) is 4.43. The van der Waals surface area contributed by atoms with Crippen LogP contribution in [0.1, 0.15) is 45.1 Å². The summed E-state index contributed by atoms with van der Waals surface area (Å²) in [6.45, 7) is 4.76. The van der Waals surface area contributed by atoms with E-state index >= 15 is 0 Å². The second kappa shape index (κ2) is 6.38. The van der Waals surface area contributed by atoms with E-state index in [9.17, 15) is 0 Å². The van der Waals surface area contributed by atoms with Crippen LogP contribution in [-0.4, -0.2) is 6.04 Å². The van der Waals surface area contributed by atoms with Crippen molar-refractivity contribution in [2.75, 3.05) is 0 Å². The number of hydrogen-bond acceptors (Lipinski definition) is 1. The van der Waals surface area contributed by atoms with E-state index < -0.39 is 0 Å². The van der Waals surface area contributed by atoms with E-state index in [0.29, 0.717) is 6.04 Å². The minimum atomic E-state index is 0.385. The molecule has 0 aromatic heterocycles. The Morgan fingerprint density at radius 2 is 1.67 bits per heavy atom. The molecule has 2 rings (SSSR count). The highest BCUT2D eigenvalue weighted by molar-refractivity contribution is 5.14. The van der Waals surface area contributed by atoms with Gasteiger partial charge in [0.05, 0.1) is 0 Å². The number of hydrogen-bond donors (Lipinski definition) is 1. The molecule has 1 aromatic carbocycles. The summed E-state index contributed by atoms with van der Waals surface area (Å²) in [5.74, 6) is 2.47. The van der Waals surface area contributed by atoms with Crippen molar-refractivity contribution in [1.29, 1.82) is 0 Å². The van der Waals surface area contributed by atoms with Gasteiger partial charge in [-0.15, -0.1) is 0 Å². The minimum Gasteiger partial charge on any atom is -0.327 e. The monoisotopic (exact) mass is 245 g/mol. The molecule has 1 fully saturated rings. The SMILES string of the molecule is CC1CC(C)CC(C(N)CCc2ccccc2)C1. The third kappa shape index (κ3) is 3.84. The lowest BCUT2D eigenvalue weighted by molar-refractivity contribution is 0.188. The van der Waals surface area contributed by atoms with Crippen LogP contribution in [0.4, 0.5) is 0 Å². The van der Waals surface area contributed by atoms with E-state index in [-0.39, 0.29) is 0 Å². The summed E-state index contributed by atoms with van der Waals surface area (Å²) < 4.78 is 0. The van der Waals surface area contributed by atoms with Gasteiger partial charge in [-0.1, -0.05) is 44.2 Å². The molecule has 0 spiro atoms. The first kappa shape index (κ1) is 13.6. The quantitative estimate of drug-likeness (QED) is 0.852. The maximum atomic E-state index is 6.42. The molecule has 3 atom stereocenters. The normalized spacial score (nSPS) is 30.1. The van der Waals surface area contributed by atoms with Gasteiger partial charge in [0, 0.05) is 6.04 Å². The van der Waals surface area contributed by atoms with Crippen molar-refractivity contribution >= 4 is 0 Å². The van der Waals surface area contributed by atoms with Crippen molar-refractivity contribution in [3.63, 3.8) is 0 Å². The largest absolute Gasteiger partial charge is 0.327 e. The molecule has 1 heteroatoms. The highest BCUT2D eigenvalue weighted by Gasteiger charge is 2.27. The Bertz CT molecular complexity index is 336. The molecule has 100 valence electrons. The predicted octanol–water partition coefficient (Wildman–Crippen LogP) is 4.02. The van der Waals surface area contributed by atoms with Crippen LogP contribution >= 0.6 is 0 Å². The molecule has 1 aliphatic rings. The lowest BCUT2D eigenvalue weighted by Crippen LogP contribution is -2.35. The van der Waals surface area contributed by atoms with Gasteiger partial charge < -0.3 is 5.73 Å². The van der Waals surface area contributed by atoms with Crippen molar-refractivity contribution in [1.82, 2.24) is 0 Å². The van der Waals surface area contributed by atoms with Crippen LogP contribution in [0, 0.1) is 17.8 Å². The predicted molar refractivity (Wildman–Crippen MR) is 78.4 cm³/mol. The van der Waals surface area contributed by atoms with Crippen LogP contribution in [0.2, 0.25) is 0 Å². The average molecular weight is 245 g/mol. The lowest BCUT2D eigenvalue weighted by Gasteiger charge is -2.35. The zero-order valence-corrected chi connectivity index (χ0v) is 11.8. The molecule has 18 heavy (non-hydrogen) atoms. The van der Waals surface area contributed by atoms with Crippen LogP contribution in [0.3, 0.4) is 0 Å². The first-order valence-electron chi connectivity index (χ1n) is 7.44. The van der Waals surface area contributed by atoms with Gasteiger partial charge in [-0.3, -0.25) is 0 Å². The standard InChI is InChI=1S/C17H27N/c1-13-10-14(2)12-16(11-13)17(18)9-8-15-6-4-3-5-7-15/h3-7,13-14,16-17H,8-12,18H2,1-2H3. The van der Waals surface area contributed by atoms with Crippen LogP contribution in [0.25, 0.3) is 0 Å². The van der Waals surface area contributed by atoms with Gasteiger partial charge in [-0.05, 0) is 55.4 Å². The zero-order valence-electron chi connectivity index (χ0n) is 11.8. The Balaban J connectivity index is 1.82. The molecular weight excluding hydrogens is 218 g/mol. The van der Waals surface area contributed by atoms with Gasteiger partial charge >= 0.3 is 0 Å². The van der Waals surface area contributed by atoms with Crippen LogP contribution in [0.5, 0.6) is 0 Å². The van der Waals surface area contributed by atoms with Gasteiger partial charge in [0.15, 0.2) is 0 Å². The molecule has 3 unspecified atom stereocenters. The molecule has 0 aliphatic heterocycles. The van der Waals surface area contributed by atoms with Crippen molar-refractivity contribution in [3.8, 4) is 0 Å². The summed E-state index contributed by atoms with van der Waals surface area (Å²) >= 11 is 0. The number of aryl methyl sites for hydroxylation is 1. The smallest absolute Gasteiger partial charge is 0.00705 e. The van der Waals surface area contributed by atoms with Crippen LogP contribution in [0.15, 0.2) is 30.3 Å². The van der Waals surface area contributed by atoms with Crippen molar-refractivity contribution in [3.05, 3.63) is 35.9 Å². The summed E-state index contributed by atoms with van der Waals surface area (Å²) in [5.41, 5.74) is 7.84. The molecule has 2 N–H and O–H groups in total. The molecule has 1 saturated carbocycles. The summed E-state index contributed by atoms with van der Waals surface area (Å²) in [6, 6.07) is 11.1. The maximum absolute atomic E-state index is 6.42. The Hall–Kier alpha value is -0.820. The lowest BCUT2D eigenvalue weighted by atomic mass is 9.73. The second-order valence-electron chi connectivity index (χ2n) is 6.37. The number of nitrogens with two attached hydrogens (primary N) is 1. The maximum Gasteiger partial charge on any atom is 0.00705 e. The fourth-order valence-corrected chi connectivity index (χ4v) is 3.57.